The van der Waals surface area contributed by atoms with E-state index < -0.39 is 6.10 Å². The van der Waals surface area contributed by atoms with Crippen molar-refractivity contribution in [2.45, 2.75) is 51.8 Å². The SMILES string of the molecule is CC(=O)Nc1ccc(N(C(=O)C(C)Oc2ccccc2)[C@H](C)C2CCCN2)cc1. The Morgan fingerprint density at radius 3 is 2.38 bits per heavy atom. The number of hydrogen-bond acceptors (Lipinski definition) is 4. The number of carbonyl (C=O) groups excluding carboxylic acids is 2. The van der Waals surface area contributed by atoms with Crippen molar-refractivity contribution in [1.29, 1.82) is 0 Å². The highest BCUT2D eigenvalue weighted by Crippen LogP contribution is 2.26. The summed E-state index contributed by atoms with van der Waals surface area (Å²) < 4.78 is 5.90. The molecule has 2 unspecified atom stereocenters. The maximum Gasteiger partial charge on any atom is 0.268 e. The van der Waals surface area contributed by atoms with Gasteiger partial charge in [-0.05, 0) is 69.6 Å². The molecule has 0 saturated carbocycles. The van der Waals surface area contributed by atoms with Crippen LogP contribution in [-0.4, -0.2) is 36.5 Å². The van der Waals surface area contributed by atoms with Crippen LogP contribution >= 0.6 is 0 Å². The molecule has 29 heavy (non-hydrogen) atoms. The van der Waals surface area contributed by atoms with Crippen LogP contribution in [0.3, 0.4) is 0 Å². The molecule has 0 radical (unpaired) electrons. The van der Waals surface area contributed by atoms with E-state index >= 15 is 0 Å². The molecule has 0 bridgehead atoms. The van der Waals surface area contributed by atoms with Gasteiger partial charge in [0.1, 0.15) is 5.75 Å². The van der Waals surface area contributed by atoms with Gasteiger partial charge in [-0.2, -0.15) is 0 Å². The van der Waals surface area contributed by atoms with Crippen molar-refractivity contribution in [1.82, 2.24) is 5.32 Å². The molecule has 0 aromatic heterocycles. The molecule has 0 spiro atoms. The lowest BCUT2D eigenvalue weighted by molar-refractivity contribution is -0.125. The highest BCUT2D eigenvalue weighted by atomic mass is 16.5. The minimum atomic E-state index is -0.628. The fourth-order valence-electron chi connectivity index (χ4n) is 3.72. The maximum atomic E-state index is 13.4. The van der Waals surface area contributed by atoms with E-state index in [9.17, 15) is 9.59 Å². The van der Waals surface area contributed by atoms with E-state index in [1.807, 2.05) is 59.5 Å². The number of para-hydroxylation sites is 1. The Labute approximate surface area is 172 Å². The van der Waals surface area contributed by atoms with E-state index in [2.05, 4.69) is 17.6 Å². The first-order valence-electron chi connectivity index (χ1n) is 10.1. The summed E-state index contributed by atoms with van der Waals surface area (Å²) in [6, 6.07) is 16.9. The van der Waals surface area contributed by atoms with Gasteiger partial charge in [-0.3, -0.25) is 9.59 Å². The molecular formula is C23H29N3O3. The smallest absolute Gasteiger partial charge is 0.268 e. The number of rotatable bonds is 7. The monoisotopic (exact) mass is 395 g/mol. The van der Waals surface area contributed by atoms with Gasteiger partial charge in [0, 0.05) is 30.4 Å². The van der Waals surface area contributed by atoms with E-state index in [4.69, 9.17) is 4.74 Å². The summed E-state index contributed by atoms with van der Waals surface area (Å²) in [7, 11) is 0. The van der Waals surface area contributed by atoms with E-state index in [1.54, 1.807) is 6.92 Å². The Morgan fingerprint density at radius 2 is 1.79 bits per heavy atom. The minimum absolute atomic E-state index is 0.0292. The quantitative estimate of drug-likeness (QED) is 0.752. The second kappa shape index (κ2) is 9.56. The zero-order chi connectivity index (χ0) is 20.8. The molecule has 1 aliphatic rings. The van der Waals surface area contributed by atoms with Gasteiger partial charge in [0.15, 0.2) is 6.10 Å². The predicted octanol–water partition coefficient (Wildman–Crippen LogP) is 3.59. The van der Waals surface area contributed by atoms with Crippen LogP contribution in [0, 0.1) is 0 Å². The Bertz CT molecular complexity index is 817. The average molecular weight is 396 g/mol. The minimum Gasteiger partial charge on any atom is -0.481 e. The molecule has 1 heterocycles. The highest BCUT2D eigenvalue weighted by Gasteiger charge is 2.33. The van der Waals surface area contributed by atoms with Crippen molar-refractivity contribution < 1.29 is 14.3 Å². The molecule has 154 valence electrons. The Balaban J connectivity index is 1.83. The Hall–Kier alpha value is -2.86. The lowest BCUT2D eigenvalue weighted by Gasteiger charge is -2.35. The van der Waals surface area contributed by atoms with Gasteiger partial charge in [-0.15, -0.1) is 0 Å². The van der Waals surface area contributed by atoms with Crippen molar-refractivity contribution in [3.8, 4) is 5.75 Å². The molecular weight excluding hydrogens is 366 g/mol. The summed E-state index contributed by atoms with van der Waals surface area (Å²) in [6.07, 6.45) is 1.51. The zero-order valence-corrected chi connectivity index (χ0v) is 17.2. The molecule has 2 aromatic carbocycles. The van der Waals surface area contributed by atoms with Crippen LogP contribution in [0.25, 0.3) is 0 Å². The van der Waals surface area contributed by atoms with Crippen molar-refractivity contribution in [2.24, 2.45) is 0 Å². The van der Waals surface area contributed by atoms with Crippen LogP contribution in [0.1, 0.15) is 33.6 Å². The first kappa shape index (κ1) is 20.9. The lowest BCUT2D eigenvalue weighted by atomic mass is 10.0. The summed E-state index contributed by atoms with van der Waals surface area (Å²) in [5.74, 6) is 0.447. The van der Waals surface area contributed by atoms with E-state index in [-0.39, 0.29) is 23.9 Å². The van der Waals surface area contributed by atoms with Crippen LogP contribution in [0.4, 0.5) is 11.4 Å². The maximum absolute atomic E-state index is 13.4. The largest absolute Gasteiger partial charge is 0.481 e. The van der Waals surface area contributed by atoms with E-state index in [1.165, 1.54) is 6.92 Å². The molecule has 2 N–H and O–H groups in total. The van der Waals surface area contributed by atoms with E-state index in [0.717, 1.165) is 25.1 Å². The fourth-order valence-corrected chi connectivity index (χ4v) is 3.72. The molecule has 1 aliphatic heterocycles. The third-order valence-corrected chi connectivity index (χ3v) is 5.20. The molecule has 3 atom stereocenters. The molecule has 6 heteroatoms. The van der Waals surface area contributed by atoms with Crippen LogP contribution in [0.2, 0.25) is 0 Å². The molecule has 1 fully saturated rings. The topological polar surface area (TPSA) is 70.7 Å². The summed E-state index contributed by atoms with van der Waals surface area (Å²) >= 11 is 0. The van der Waals surface area contributed by atoms with Gasteiger partial charge < -0.3 is 20.3 Å². The number of benzene rings is 2. The van der Waals surface area contributed by atoms with Gasteiger partial charge in [0.05, 0.1) is 0 Å². The van der Waals surface area contributed by atoms with Crippen LogP contribution in [0.5, 0.6) is 5.75 Å². The predicted molar refractivity (Wildman–Crippen MR) is 115 cm³/mol. The standard InChI is InChI=1S/C23H29N3O3/c1-16(22-10-7-15-24-22)26(20-13-11-19(12-14-20)25-18(3)27)23(28)17(2)29-21-8-5-4-6-9-21/h4-6,8-9,11-14,16-17,22,24H,7,10,15H2,1-3H3,(H,25,27)/t16-,17?,22?/m1/s1. The molecule has 0 aliphatic carbocycles. The molecule has 2 aromatic rings. The average Bonchev–Trinajstić information content (AvgIpc) is 3.24. The number of ether oxygens (including phenoxy) is 1. The van der Waals surface area contributed by atoms with E-state index in [0.29, 0.717) is 11.4 Å². The number of hydrogen-bond donors (Lipinski definition) is 2. The normalized spacial score (nSPS) is 18.0. The first-order valence-corrected chi connectivity index (χ1v) is 10.1. The van der Waals surface area contributed by atoms with Gasteiger partial charge in [-0.1, -0.05) is 18.2 Å². The number of anilines is 2. The molecule has 1 saturated heterocycles. The number of carbonyl (C=O) groups is 2. The van der Waals surface area contributed by atoms with Crippen LogP contribution < -0.4 is 20.3 Å². The van der Waals surface area contributed by atoms with Crippen molar-refractivity contribution in [3.05, 3.63) is 54.6 Å². The number of nitrogens with zero attached hydrogens (tertiary/aromatic N) is 1. The lowest BCUT2D eigenvalue weighted by Crippen LogP contribution is -2.52. The van der Waals surface area contributed by atoms with Crippen molar-refractivity contribution in [2.75, 3.05) is 16.8 Å². The summed E-state index contributed by atoms with van der Waals surface area (Å²) in [4.78, 5) is 26.5. The van der Waals surface area contributed by atoms with Gasteiger partial charge in [0.2, 0.25) is 5.91 Å². The number of amides is 2. The number of nitrogens with one attached hydrogen (secondary N) is 2. The second-order valence-corrected chi connectivity index (χ2v) is 7.45. The Kier molecular flexibility index (Phi) is 6.88. The van der Waals surface area contributed by atoms with Gasteiger partial charge in [0.25, 0.3) is 5.91 Å². The first-order chi connectivity index (χ1) is 14.0. The molecule has 6 nitrogen and oxygen atoms in total. The Morgan fingerprint density at radius 1 is 1.10 bits per heavy atom. The van der Waals surface area contributed by atoms with Crippen LogP contribution in [-0.2, 0) is 9.59 Å². The summed E-state index contributed by atoms with van der Waals surface area (Å²) in [5, 5.41) is 6.26. The summed E-state index contributed by atoms with van der Waals surface area (Å²) in [6.45, 7) is 6.29. The van der Waals surface area contributed by atoms with Crippen molar-refractivity contribution >= 4 is 23.2 Å². The van der Waals surface area contributed by atoms with Crippen molar-refractivity contribution in [3.63, 3.8) is 0 Å². The summed E-state index contributed by atoms with van der Waals surface area (Å²) in [5.41, 5.74) is 1.49. The second-order valence-electron chi connectivity index (χ2n) is 7.45. The highest BCUT2D eigenvalue weighted by molar-refractivity contribution is 5.97. The third kappa shape index (κ3) is 5.35. The molecule has 3 rings (SSSR count). The molecule has 2 amide bonds. The zero-order valence-electron chi connectivity index (χ0n) is 17.2. The van der Waals surface area contributed by atoms with Crippen LogP contribution in [0.15, 0.2) is 54.6 Å². The third-order valence-electron chi connectivity index (χ3n) is 5.20. The van der Waals surface area contributed by atoms with Gasteiger partial charge in [-0.25, -0.2) is 0 Å². The fraction of sp³-hybridized carbons (Fsp3) is 0.391. The van der Waals surface area contributed by atoms with Gasteiger partial charge >= 0.3 is 0 Å².